The van der Waals surface area contributed by atoms with Gasteiger partial charge in [0.25, 0.3) is 5.79 Å². The van der Waals surface area contributed by atoms with Crippen molar-refractivity contribution in [2.75, 3.05) is 5.32 Å². The average Bonchev–Trinajstić information content (AvgIpc) is 2.39. The number of carbonyl (C=O) groups is 2. The smallest absolute Gasteiger partial charge is 0.350 e. The lowest BCUT2D eigenvalue weighted by Crippen LogP contribution is -2.42. The predicted octanol–water partition coefficient (Wildman–Crippen LogP) is 3.26. The molecule has 124 valence electrons. The molecule has 1 N–H and O–H groups in total. The maximum absolute atomic E-state index is 11.8. The van der Waals surface area contributed by atoms with E-state index < -0.39 is 17.7 Å². The first kappa shape index (κ1) is 17.1. The third kappa shape index (κ3) is 4.39. The molecular weight excluding hydrogens is 322 g/mol. The van der Waals surface area contributed by atoms with Crippen LogP contribution >= 0.6 is 11.6 Å². The summed E-state index contributed by atoms with van der Waals surface area (Å²) in [6, 6.07) is 5.04. The van der Waals surface area contributed by atoms with Crippen LogP contribution in [0.25, 0.3) is 0 Å². The van der Waals surface area contributed by atoms with Crippen molar-refractivity contribution in [1.82, 2.24) is 0 Å². The van der Waals surface area contributed by atoms with Crippen molar-refractivity contribution in [2.24, 2.45) is 0 Å². The molecule has 6 nitrogen and oxygen atoms in total. The Hall–Kier alpha value is -2.21. The number of hydrogen-bond donors (Lipinski definition) is 1. The highest BCUT2D eigenvalue weighted by Crippen LogP contribution is 2.29. The standard InChI is InChI=1S/C16H18ClNO5/c1-9(2)21-13-6-5-10(7-12(13)17)18-8-11-14(19)22-16(3,4)23-15(11)20/h5-9,18H,1-4H3. The summed E-state index contributed by atoms with van der Waals surface area (Å²) in [4.78, 5) is 23.6. The first-order valence-corrected chi connectivity index (χ1v) is 7.45. The second-order valence-corrected chi connectivity index (χ2v) is 6.10. The molecule has 7 heteroatoms. The molecule has 1 aromatic carbocycles. The largest absolute Gasteiger partial charge is 0.489 e. The minimum atomic E-state index is -1.26. The molecule has 0 spiro atoms. The molecule has 1 aliphatic rings. The number of nitrogens with one attached hydrogen (secondary N) is 1. The van der Waals surface area contributed by atoms with Gasteiger partial charge in [0.2, 0.25) is 0 Å². The van der Waals surface area contributed by atoms with Gasteiger partial charge in [-0.15, -0.1) is 0 Å². The molecule has 0 bridgehead atoms. The van der Waals surface area contributed by atoms with Gasteiger partial charge in [0.15, 0.2) is 5.57 Å². The van der Waals surface area contributed by atoms with Crippen molar-refractivity contribution in [2.45, 2.75) is 39.6 Å². The van der Waals surface area contributed by atoms with Crippen LogP contribution in [0.15, 0.2) is 30.0 Å². The minimum Gasteiger partial charge on any atom is -0.489 e. The summed E-state index contributed by atoms with van der Waals surface area (Å²) in [5, 5.41) is 3.23. The third-order valence-corrected chi connectivity index (χ3v) is 3.09. The second kappa shape index (κ2) is 6.50. The Bertz CT molecular complexity index is 644. The summed E-state index contributed by atoms with van der Waals surface area (Å²) in [5.41, 5.74) is 0.368. The zero-order chi connectivity index (χ0) is 17.2. The number of esters is 2. The summed E-state index contributed by atoms with van der Waals surface area (Å²) in [7, 11) is 0. The van der Waals surface area contributed by atoms with Crippen LogP contribution in [0.4, 0.5) is 5.69 Å². The van der Waals surface area contributed by atoms with Crippen LogP contribution in [-0.2, 0) is 19.1 Å². The van der Waals surface area contributed by atoms with Crippen molar-refractivity contribution in [3.8, 4) is 5.75 Å². The highest BCUT2D eigenvalue weighted by atomic mass is 35.5. The number of cyclic esters (lactones) is 2. The number of ether oxygens (including phenoxy) is 3. The van der Waals surface area contributed by atoms with E-state index in [1.54, 1.807) is 18.2 Å². The summed E-state index contributed by atoms with van der Waals surface area (Å²) >= 11 is 6.12. The highest BCUT2D eigenvalue weighted by molar-refractivity contribution is 6.32. The molecule has 1 saturated heterocycles. The van der Waals surface area contributed by atoms with Crippen molar-refractivity contribution >= 4 is 29.2 Å². The minimum absolute atomic E-state index is 0.00330. The molecule has 0 unspecified atom stereocenters. The average molecular weight is 340 g/mol. The van der Waals surface area contributed by atoms with Gasteiger partial charge in [0, 0.05) is 25.7 Å². The number of halogens is 1. The van der Waals surface area contributed by atoms with Gasteiger partial charge in [0.1, 0.15) is 5.75 Å². The summed E-state index contributed by atoms with van der Waals surface area (Å²) in [6.07, 6.45) is 1.23. The number of anilines is 1. The van der Waals surface area contributed by atoms with Crippen molar-refractivity contribution < 1.29 is 23.8 Å². The first-order chi connectivity index (χ1) is 10.7. The maximum atomic E-state index is 11.8. The monoisotopic (exact) mass is 339 g/mol. The summed E-state index contributed by atoms with van der Waals surface area (Å²) < 4.78 is 15.5. The van der Waals surface area contributed by atoms with Gasteiger partial charge in [0.05, 0.1) is 11.1 Å². The highest BCUT2D eigenvalue weighted by Gasteiger charge is 2.38. The Morgan fingerprint density at radius 3 is 2.35 bits per heavy atom. The fourth-order valence-electron chi connectivity index (χ4n) is 1.87. The van der Waals surface area contributed by atoms with E-state index >= 15 is 0 Å². The van der Waals surface area contributed by atoms with Crippen molar-refractivity contribution in [3.05, 3.63) is 35.0 Å². The number of rotatable bonds is 4. The SMILES string of the molecule is CC(C)Oc1ccc(NC=C2C(=O)OC(C)(C)OC2=O)cc1Cl. The third-order valence-electron chi connectivity index (χ3n) is 2.79. The Balaban J connectivity index is 2.12. The van der Waals surface area contributed by atoms with E-state index in [0.29, 0.717) is 16.5 Å². The lowest BCUT2D eigenvalue weighted by molar-refractivity contribution is -0.222. The topological polar surface area (TPSA) is 73.9 Å². The van der Waals surface area contributed by atoms with Crippen LogP contribution in [0.3, 0.4) is 0 Å². The van der Waals surface area contributed by atoms with Gasteiger partial charge < -0.3 is 19.5 Å². The van der Waals surface area contributed by atoms with E-state index in [0.717, 1.165) is 0 Å². The fraction of sp³-hybridized carbons (Fsp3) is 0.375. The lowest BCUT2D eigenvalue weighted by Gasteiger charge is -2.29. The molecule has 23 heavy (non-hydrogen) atoms. The predicted molar refractivity (Wildman–Crippen MR) is 85.2 cm³/mol. The fourth-order valence-corrected chi connectivity index (χ4v) is 2.10. The molecule has 0 atom stereocenters. The molecule has 1 heterocycles. The number of benzene rings is 1. The first-order valence-electron chi connectivity index (χ1n) is 7.07. The summed E-state index contributed by atoms with van der Waals surface area (Å²) in [5.74, 6) is -2.20. The van der Waals surface area contributed by atoms with Gasteiger partial charge >= 0.3 is 11.9 Å². The Kier molecular flexibility index (Phi) is 4.85. The van der Waals surface area contributed by atoms with Gasteiger partial charge in [-0.2, -0.15) is 0 Å². The lowest BCUT2D eigenvalue weighted by atomic mass is 10.2. The Labute approximate surface area is 139 Å². The van der Waals surface area contributed by atoms with Gasteiger partial charge in [-0.05, 0) is 32.0 Å². The zero-order valence-corrected chi connectivity index (χ0v) is 14.1. The van der Waals surface area contributed by atoms with Gasteiger partial charge in [-0.3, -0.25) is 0 Å². The van der Waals surface area contributed by atoms with Crippen LogP contribution in [0.5, 0.6) is 5.75 Å². The molecule has 0 amide bonds. The summed E-state index contributed by atoms with van der Waals surface area (Å²) in [6.45, 7) is 6.77. The molecular formula is C16H18ClNO5. The zero-order valence-electron chi connectivity index (χ0n) is 13.3. The maximum Gasteiger partial charge on any atom is 0.350 e. The van der Waals surface area contributed by atoms with E-state index in [-0.39, 0.29) is 11.7 Å². The molecule has 1 aliphatic heterocycles. The second-order valence-electron chi connectivity index (χ2n) is 5.69. The van der Waals surface area contributed by atoms with Crippen LogP contribution < -0.4 is 10.1 Å². The Morgan fingerprint density at radius 2 is 1.83 bits per heavy atom. The van der Waals surface area contributed by atoms with Gasteiger partial charge in [-0.25, -0.2) is 9.59 Å². The molecule has 2 rings (SSSR count). The number of hydrogen-bond acceptors (Lipinski definition) is 6. The quantitative estimate of drug-likeness (QED) is 0.515. The van der Waals surface area contributed by atoms with E-state index in [1.165, 1.54) is 20.0 Å². The van der Waals surface area contributed by atoms with Crippen molar-refractivity contribution in [3.63, 3.8) is 0 Å². The number of carbonyl (C=O) groups excluding carboxylic acids is 2. The van der Waals surface area contributed by atoms with E-state index in [9.17, 15) is 9.59 Å². The molecule has 0 aliphatic carbocycles. The van der Waals surface area contributed by atoms with Crippen LogP contribution in [0.2, 0.25) is 5.02 Å². The molecule has 1 fully saturated rings. The van der Waals surface area contributed by atoms with Crippen LogP contribution in [0.1, 0.15) is 27.7 Å². The van der Waals surface area contributed by atoms with Crippen LogP contribution in [0, 0.1) is 0 Å². The molecule has 0 radical (unpaired) electrons. The van der Waals surface area contributed by atoms with E-state index in [2.05, 4.69) is 5.32 Å². The van der Waals surface area contributed by atoms with E-state index in [1.807, 2.05) is 13.8 Å². The molecule has 1 aromatic rings. The molecule has 0 aromatic heterocycles. The van der Waals surface area contributed by atoms with Crippen LogP contribution in [-0.4, -0.2) is 23.8 Å². The van der Waals surface area contributed by atoms with Gasteiger partial charge in [-0.1, -0.05) is 11.6 Å². The van der Waals surface area contributed by atoms with Crippen molar-refractivity contribution in [1.29, 1.82) is 0 Å². The molecule has 0 saturated carbocycles. The van der Waals surface area contributed by atoms with E-state index in [4.69, 9.17) is 25.8 Å². The Morgan fingerprint density at radius 1 is 1.22 bits per heavy atom. The normalized spacial score (nSPS) is 16.7.